The molecular weight excluding hydrogens is 222 g/mol. The monoisotopic (exact) mass is 237 g/mol. The summed E-state index contributed by atoms with van der Waals surface area (Å²) in [5.41, 5.74) is 0.198. The zero-order valence-corrected chi connectivity index (χ0v) is 9.73. The van der Waals surface area contributed by atoms with E-state index in [1.165, 1.54) is 18.2 Å². The number of anilines is 1. The van der Waals surface area contributed by atoms with Gasteiger partial charge < -0.3 is 15.5 Å². The van der Waals surface area contributed by atoms with Crippen LogP contribution in [0.15, 0.2) is 18.2 Å². The van der Waals surface area contributed by atoms with Gasteiger partial charge in [0.15, 0.2) is 0 Å². The fourth-order valence-corrected chi connectivity index (χ4v) is 1.24. The second-order valence-corrected chi connectivity index (χ2v) is 3.84. The summed E-state index contributed by atoms with van der Waals surface area (Å²) in [5, 5.41) is 20.8. The number of carboxylic acids is 1. The third kappa shape index (κ3) is 3.21. The molecule has 1 atom stereocenters. The zero-order valence-electron chi connectivity index (χ0n) is 9.73. The van der Waals surface area contributed by atoms with Crippen LogP contribution in [0.5, 0.6) is 5.75 Å². The minimum Gasteiger partial charge on any atom is -0.507 e. The Balaban J connectivity index is 2.84. The molecule has 92 valence electrons. The average molecular weight is 237 g/mol. The number of hydrogen-bond donors (Lipinski definition) is 3. The lowest BCUT2D eigenvalue weighted by Crippen LogP contribution is -2.19. The Bertz CT molecular complexity index is 442. The van der Waals surface area contributed by atoms with Crippen molar-refractivity contribution in [2.24, 2.45) is 5.92 Å². The third-order valence-corrected chi connectivity index (χ3v) is 2.56. The van der Waals surface area contributed by atoms with E-state index in [-0.39, 0.29) is 23.1 Å². The van der Waals surface area contributed by atoms with Gasteiger partial charge in [0, 0.05) is 17.7 Å². The average Bonchev–Trinajstić information content (AvgIpc) is 2.27. The molecule has 0 saturated heterocycles. The van der Waals surface area contributed by atoms with Crippen LogP contribution in [-0.4, -0.2) is 22.1 Å². The highest BCUT2D eigenvalue weighted by Gasteiger charge is 2.13. The Hall–Kier alpha value is -2.04. The minimum absolute atomic E-state index is 0.128. The highest BCUT2D eigenvalue weighted by molar-refractivity contribution is 5.95. The highest BCUT2D eigenvalue weighted by atomic mass is 16.4. The smallest absolute Gasteiger partial charge is 0.339 e. The van der Waals surface area contributed by atoms with Crippen molar-refractivity contribution in [3.8, 4) is 5.75 Å². The second-order valence-electron chi connectivity index (χ2n) is 3.84. The van der Waals surface area contributed by atoms with E-state index >= 15 is 0 Å². The Morgan fingerprint density at radius 2 is 2.06 bits per heavy atom. The van der Waals surface area contributed by atoms with Gasteiger partial charge in [-0.1, -0.05) is 13.8 Å². The van der Waals surface area contributed by atoms with E-state index in [0.717, 1.165) is 0 Å². The molecule has 1 aromatic carbocycles. The fraction of sp³-hybridized carbons (Fsp3) is 0.333. The van der Waals surface area contributed by atoms with Gasteiger partial charge in [0.2, 0.25) is 5.91 Å². The Morgan fingerprint density at radius 1 is 1.41 bits per heavy atom. The second kappa shape index (κ2) is 5.34. The summed E-state index contributed by atoms with van der Waals surface area (Å²) in [7, 11) is 0. The minimum atomic E-state index is -1.21. The van der Waals surface area contributed by atoms with Crippen molar-refractivity contribution in [2.75, 3.05) is 5.32 Å². The maximum atomic E-state index is 11.6. The molecule has 17 heavy (non-hydrogen) atoms. The van der Waals surface area contributed by atoms with E-state index in [4.69, 9.17) is 5.11 Å². The van der Waals surface area contributed by atoms with Crippen LogP contribution >= 0.6 is 0 Å². The predicted octanol–water partition coefficient (Wildman–Crippen LogP) is 2.07. The standard InChI is InChI=1S/C12H15NO4/c1-3-7(2)11(15)13-8-4-5-9(12(16)17)10(14)6-8/h4-7,14H,3H2,1-2H3,(H,13,15)(H,16,17)/t7-/m1/s1. The summed E-state index contributed by atoms with van der Waals surface area (Å²) in [6.45, 7) is 3.69. The molecule has 0 aliphatic carbocycles. The number of amides is 1. The first-order valence-electron chi connectivity index (χ1n) is 5.32. The predicted molar refractivity (Wildman–Crippen MR) is 63.2 cm³/mol. The van der Waals surface area contributed by atoms with E-state index in [9.17, 15) is 14.7 Å². The van der Waals surface area contributed by atoms with Crippen molar-refractivity contribution in [2.45, 2.75) is 20.3 Å². The molecule has 0 unspecified atom stereocenters. The first-order chi connectivity index (χ1) is 7.95. The van der Waals surface area contributed by atoms with Crippen LogP contribution in [0.4, 0.5) is 5.69 Å². The normalized spacial score (nSPS) is 11.9. The topological polar surface area (TPSA) is 86.6 Å². The quantitative estimate of drug-likeness (QED) is 0.748. The van der Waals surface area contributed by atoms with Crippen LogP contribution in [-0.2, 0) is 4.79 Å². The van der Waals surface area contributed by atoms with Gasteiger partial charge in [-0.15, -0.1) is 0 Å². The summed E-state index contributed by atoms with van der Waals surface area (Å²) in [4.78, 5) is 22.2. The molecule has 0 aliphatic heterocycles. The number of carboxylic acid groups (broad SMARTS) is 1. The van der Waals surface area contributed by atoms with Gasteiger partial charge >= 0.3 is 5.97 Å². The molecule has 1 rings (SSSR count). The number of nitrogens with one attached hydrogen (secondary N) is 1. The van der Waals surface area contributed by atoms with Gasteiger partial charge in [-0.2, -0.15) is 0 Å². The molecule has 0 radical (unpaired) electrons. The van der Waals surface area contributed by atoms with Crippen molar-refractivity contribution >= 4 is 17.6 Å². The molecular formula is C12H15NO4. The summed E-state index contributed by atoms with van der Waals surface area (Å²) in [5.74, 6) is -1.85. The molecule has 0 saturated carbocycles. The van der Waals surface area contributed by atoms with Gasteiger partial charge in [-0.05, 0) is 18.6 Å². The molecule has 0 aliphatic rings. The van der Waals surface area contributed by atoms with Gasteiger partial charge in [0.25, 0.3) is 0 Å². The van der Waals surface area contributed by atoms with Gasteiger partial charge in [-0.3, -0.25) is 4.79 Å². The number of phenols is 1. The highest BCUT2D eigenvalue weighted by Crippen LogP contribution is 2.22. The zero-order chi connectivity index (χ0) is 13.0. The maximum Gasteiger partial charge on any atom is 0.339 e. The van der Waals surface area contributed by atoms with Gasteiger partial charge in [-0.25, -0.2) is 4.79 Å². The molecule has 0 bridgehead atoms. The number of carbonyl (C=O) groups is 2. The lowest BCUT2D eigenvalue weighted by Gasteiger charge is -2.10. The molecule has 1 aromatic rings. The van der Waals surface area contributed by atoms with E-state index in [1.807, 2.05) is 6.92 Å². The first kappa shape index (κ1) is 13.0. The van der Waals surface area contributed by atoms with Crippen LogP contribution < -0.4 is 5.32 Å². The van der Waals surface area contributed by atoms with Crippen LogP contribution in [0.25, 0.3) is 0 Å². The lowest BCUT2D eigenvalue weighted by molar-refractivity contribution is -0.119. The van der Waals surface area contributed by atoms with Crippen molar-refractivity contribution < 1.29 is 19.8 Å². The van der Waals surface area contributed by atoms with Crippen LogP contribution in [0.1, 0.15) is 30.6 Å². The number of carbonyl (C=O) groups excluding carboxylic acids is 1. The largest absolute Gasteiger partial charge is 0.507 e. The SMILES string of the molecule is CC[C@@H](C)C(=O)Nc1ccc(C(=O)O)c(O)c1. The summed E-state index contributed by atoms with van der Waals surface area (Å²) < 4.78 is 0. The van der Waals surface area contributed by atoms with E-state index < -0.39 is 5.97 Å². The number of rotatable bonds is 4. The lowest BCUT2D eigenvalue weighted by atomic mass is 10.1. The van der Waals surface area contributed by atoms with Crippen molar-refractivity contribution in [1.29, 1.82) is 0 Å². The van der Waals surface area contributed by atoms with Crippen LogP contribution in [0.3, 0.4) is 0 Å². The van der Waals surface area contributed by atoms with E-state index in [1.54, 1.807) is 6.92 Å². The number of aromatic hydroxyl groups is 1. The first-order valence-corrected chi connectivity index (χ1v) is 5.32. The Kier molecular flexibility index (Phi) is 4.09. The molecule has 3 N–H and O–H groups in total. The van der Waals surface area contributed by atoms with Crippen molar-refractivity contribution in [1.82, 2.24) is 0 Å². The molecule has 1 amide bonds. The van der Waals surface area contributed by atoms with Gasteiger partial charge in [0.05, 0.1) is 0 Å². The van der Waals surface area contributed by atoms with E-state index in [0.29, 0.717) is 12.1 Å². The third-order valence-electron chi connectivity index (χ3n) is 2.56. The molecule has 0 heterocycles. The summed E-state index contributed by atoms with van der Waals surface area (Å²) >= 11 is 0. The molecule has 0 aromatic heterocycles. The number of benzene rings is 1. The molecule has 5 nitrogen and oxygen atoms in total. The molecule has 5 heteroatoms. The van der Waals surface area contributed by atoms with Crippen molar-refractivity contribution in [3.05, 3.63) is 23.8 Å². The summed E-state index contributed by atoms with van der Waals surface area (Å²) in [6.07, 6.45) is 0.713. The molecule has 0 spiro atoms. The van der Waals surface area contributed by atoms with Crippen LogP contribution in [0.2, 0.25) is 0 Å². The Labute approximate surface area is 99.1 Å². The van der Waals surface area contributed by atoms with E-state index in [2.05, 4.69) is 5.32 Å². The Morgan fingerprint density at radius 3 is 2.53 bits per heavy atom. The number of aromatic carboxylic acids is 1. The van der Waals surface area contributed by atoms with Crippen LogP contribution in [0, 0.1) is 5.92 Å². The van der Waals surface area contributed by atoms with Crippen molar-refractivity contribution in [3.63, 3.8) is 0 Å². The fourth-order valence-electron chi connectivity index (χ4n) is 1.24. The maximum absolute atomic E-state index is 11.6. The molecule has 0 fully saturated rings. The summed E-state index contributed by atoms with van der Waals surface area (Å²) in [6, 6.07) is 3.93. The number of hydrogen-bond acceptors (Lipinski definition) is 3. The van der Waals surface area contributed by atoms with Gasteiger partial charge in [0.1, 0.15) is 11.3 Å².